The number of nitrogens with one attached hydrogen (secondary N) is 1. The van der Waals surface area contributed by atoms with Crippen LogP contribution in [0.2, 0.25) is 0 Å². The molecule has 4 rings (SSSR count). The number of anilines is 2. The number of hydrogen-bond acceptors (Lipinski definition) is 5. The van der Waals surface area contributed by atoms with Gasteiger partial charge in [0.05, 0.1) is 12.3 Å². The zero-order valence-corrected chi connectivity index (χ0v) is 15.6. The second-order valence-corrected chi connectivity index (χ2v) is 7.01. The van der Waals surface area contributed by atoms with E-state index in [-0.39, 0.29) is 24.6 Å². The molecule has 0 bridgehead atoms. The first-order chi connectivity index (χ1) is 12.6. The number of hydrogen-bond donors (Lipinski definition) is 1. The Labute approximate surface area is 159 Å². The first-order valence-electron chi connectivity index (χ1n) is 8.27. The van der Waals surface area contributed by atoms with E-state index in [2.05, 4.69) is 26.3 Å². The molecule has 7 heteroatoms. The summed E-state index contributed by atoms with van der Waals surface area (Å²) in [5.74, 6) is -0.707. The number of amides is 1. The first-order valence-corrected chi connectivity index (χ1v) is 9.07. The zero-order chi connectivity index (χ0) is 18.3. The number of para-hydroxylation sites is 1. The summed E-state index contributed by atoms with van der Waals surface area (Å²) < 4.78 is 5.98. The summed E-state index contributed by atoms with van der Waals surface area (Å²) in [6.07, 6.45) is 0.154. The van der Waals surface area contributed by atoms with Crippen molar-refractivity contribution >= 4 is 44.9 Å². The van der Waals surface area contributed by atoms with Crippen LogP contribution in [-0.4, -0.2) is 24.2 Å². The van der Waals surface area contributed by atoms with Crippen LogP contribution >= 0.6 is 15.9 Å². The Morgan fingerprint density at radius 3 is 2.81 bits per heavy atom. The van der Waals surface area contributed by atoms with Crippen molar-refractivity contribution in [1.82, 2.24) is 0 Å². The summed E-state index contributed by atoms with van der Waals surface area (Å²) in [7, 11) is 0. The van der Waals surface area contributed by atoms with E-state index in [0.29, 0.717) is 5.69 Å². The van der Waals surface area contributed by atoms with Crippen LogP contribution in [-0.2, 0) is 19.9 Å². The lowest BCUT2D eigenvalue weighted by Crippen LogP contribution is -2.46. The molecule has 0 aliphatic carbocycles. The molecule has 26 heavy (non-hydrogen) atoms. The second-order valence-electron chi connectivity index (χ2n) is 6.10. The number of esters is 1. The van der Waals surface area contributed by atoms with E-state index in [1.165, 1.54) is 0 Å². The minimum atomic E-state index is -1.10. The van der Waals surface area contributed by atoms with Crippen LogP contribution in [0.3, 0.4) is 0 Å². The highest BCUT2D eigenvalue weighted by molar-refractivity contribution is 9.10. The van der Waals surface area contributed by atoms with Crippen LogP contribution in [0, 0.1) is 0 Å². The summed E-state index contributed by atoms with van der Waals surface area (Å²) >= 11 is 3.43. The van der Waals surface area contributed by atoms with Crippen molar-refractivity contribution in [2.24, 2.45) is 5.10 Å². The lowest BCUT2D eigenvalue weighted by Gasteiger charge is -2.32. The standard InChI is InChI=1S/C19H16BrN3O3/c1-2-26-17(24)16-11-19(23(22-16)13-6-4-3-5-7-13)14-9-8-12(20)10-15(14)21-18(19)25/h3-10H,2,11H2,1H3,(H,21,25)/t19-/m1/s1. The molecular formula is C19H16BrN3O3. The molecule has 2 aliphatic rings. The number of carbonyl (C=O) groups is 2. The van der Waals surface area contributed by atoms with Gasteiger partial charge in [-0.15, -0.1) is 0 Å². The Bertz CT molecular complexity index is 929. The number of fused-ring (bicyclic) bond motifs is 2. The van der Waals surface area contributed by atoms with E-state index >= 15 is 0 Å². The minimum absolute atomic E-state index is 0.154. The lowest BCUT2D eigenvalue weighted by atomic mass is 9.86. The van der Waals surface area contributed by atoms with Gasteiger partial charge in [0.2, 0.25) is 0 Å². The van der Waals surface area contributed by atoms with Gasteiger partial charge in [0, 0.05) is 22.1 Å². The van der Waals surface area contributed by atoms with Gasteiger partial charge in [-0.1, -0.05) is 40.2 Å². The fourth-order valence-corrected chi connectivity index (χ4v) is 3.81. The Balaban J connectivity index is 1.87. The summed E-state index contributed by atoms with van der Waals surface area (Å²) in [5, 5.41) is 9.05. The average molecular weight is 414 g/mol. The lowest BCUT2D eigenvalue weighted by molar-refractivity contribution is -0.135. The fraction of sp³-hybridized carbons (Fsp3) is 0.211. The number of ether oxygens (including phenoxy) is 1. The number of carbonyl (C=O) groups excluding carboxylic acids is 2. The molecule has 2 heterocycles. The van der Waals surface area contributed by atoms with E-state index < -0.39 is 11.5 Å². The number of halogens is 1. The van der Waals surface area contributed by atoms with Crippen molar-refractivity contribution in [3.05, 3.63) is 58.6 Å². The van der Waals surface area contributed by atoms with Gasteiger partial charge in [-0.2, -0.15) is 5.10 Å². The van der Waals surface area contributed by atoms with E-state index in [0.717, 1.165) is 15.7 Å². The molecule has 2 aromatic rings. The van der Waals surface area contributed by atoms with Crippen LogP contribution in [0.1, 0.15) is 18.9 Å². The zero-order valence-electron chi connectivity index (χ0n) is 14.0. The van der Waals surface area contributed by atoms with Crippen molar-refractivity contribution < 1.29 is 14.3 Å². The first kappa shape index (κ1) is 16.8. The molecular weight excluding hydrogens is 398 g/mol. The van der Waals surface area contributed by atoms with Crippen molar-refractivity contribution in [1.29, 1.82) is 0 Å². The van der Waals surface area contributed by atoms with Crippen LogP contribution < -0.4 is 10.3 Å². The Hall–Kier alpha value is -2.67. The molecule has 1 amide bonds. The molecule has 0 fully saturated rings. The highest BCUT2D eigenvalue weighted by atomic mass is 79.9. The van der Waals surface area contributed by atoms with Gasteiger partial charge >= 0.3 is 5.97 Å². The van der Waals surface area contributed by atoms with Crippen molar-refractivity contribution in [3.63, 3.8) is 0 Å². The van der Waals surface area contributed by atoms with Gasteiger partial charge in [0.1, 0.15) is 5.71 Å². The maximum atomic E-state index is 13.1. The highest BCUT2D eigenvalue weighted by Gasteiger charge is 2.57. The van der Waals surface area contributed by atoms with Gasteiger partial charge in [-0.05, 0) is 31.2 Å². The topological polar surface area (TPSA) is 71.0 Å². The molecule has 2 aliphatic heterocycles. The molecule has 132 valence electrons. The number of hydrazone groups is 1. The second kappa shape index (κ2) is 6.25. The third kappa shape index (κ3) is 2.42. The molecule has 0 saturated carbocycles. The highest BCUT2D eigenvalue weighted by Crippen LogP contribution is 2.48. The average Bonchev–Trinajstić information content (AvgIpc) is 3.16. The maximum Gasteiger partial charge on any atom is 0.354 e. The van der Waals surface area contributed by atoms with E-state index in [9.17, 15) is 9.59 Å². The molecule has 0 saturated heterocycles. The van der Waals surface area contributed by atoms with E-state index in [4.69, 9.17) is 4.74 Å². The van der Waals surface area contributed by atoms with Gasteiger partial charge in [0.25, 0.3) is 5.91 Å². The molecule has 0 aromatic heterocycles. The van der Waals surface area contributed by atoms with Crippen LogP contribution in [0.4, 0.5) is 11.4 Å². The number of nitrogens with zero attached hydrogens (tertiary/aromatic N) is 2. The number of benzene rings is 2. The van der Waals surface area contributed by atoms with Crippen LogP contribution in [0.15, 0.2) is 58.1 Å². The molecule has 1 spiro atoms. The van der Waals surface area contributed by atoms with Gasteiger partial charge in [0.15, 0.2) is 5.54 Å². The minimum Gasteiger partial charge on any atom is -0.461 e. The largest absolute Gasteiger partial charge is 0.461 e. The predicted molar refractivity (Wildman–Crippen MR) is 102 cm³/mol. The predicted octanol–water partition coefficient (Wildman–Crippen LogP) is 3.43. The SMILES string of the molecule is CCOC(=O)C1=NN(c2ccccc2)[C@@]2(C1)C(=O)Nc1cc(Br)ccc12. The molecule has 0 unspecified atom stereocenters. The quantitative estimate of drug-likeness (QED) is 0.782. The molecule has 1 atom stereocenters. The summed E-state index contributed by atoms with van der Waals surface area (Å²) in [6, 6.07) is 15.0. The van der Waals surface area contributed by atoms with Crippen LogP contribution in [0.25, 0.3) is 0 Å². The third-order valence-electron chi connectivity index (χ3n) is 4.57. The Kier molecular flexibility index (Phi) is 4.03. The third-order valence-corrected chi connectivity index (χ3v) is 5.06. The fourth-order valence-electron chi connectivity index (χ4n) is 3.45. The molecule has 6 nitrogen and oxygen atoms in total. The maximum absolute atomic E-state index is 13.1. The molecule has 2 aromatic carbocycles. The number of rotatable bonds is 3. The van der Waals surface area contributed by atoms with Crippen LogP contribution in [0.5, 0.6) is 0 Å². The van der Waals surface area contributed by atoms with E-state index in [1.807, 2.05) is 48.5 Å². The Morgan fingerprint density at radius 2 is 2.08 bits per heavy atom. The van der Waals surface area contributed by atoms with E-state index in [1.54, 1.807) is 11.9 Å². The summed E-state index contributed by atoms with van der Waals surface area (Å²) in [4.78, 5) is 25.4. The van der Waals surface area contributed by atoms with Crippen molar-refractivity contribution in [3.8, 4) is 0 Å². The smallest absolute Gasteiger partial charge is 0.354 e. The monoisotopic (exact) mass is 413 g/mol. The Morgan fingerprint density at radius 1 is 1.31 bits per heavy atom. The van der Waals surface area contributed by atoms with Gasteiger partial charge in [-0.3, -0.25) is 4.79 Å². The van der Waals surface area contributed by atoms with Crippen molar-refractivity contribution in [2.75, 3.05) is 16.9 Å². The van der Waals surface area contributed by atoms with Crippen molar-refractivity contribution in [2.45, 2.75) is 18.9 Å². The van der Waals surface area contributed by atoms with Gasteiger partial charge < -0.3 is 10.1 Å². The summed E-state index contributed by atoms with van der Waals surface area (Å²) in [6.45, 7) is 2.00. The molecule has 0 radical (unpaired) electrons. The molecule has 1 N–H and O–H groups in total. The normalized spacial score (nSPS) is 20.8. The van der Waals surface area contributed by atoms with Gasteiger partial charge in [-0.25, -0.2) is 9.80 Å². The summed E-state index contributed by atoms with van der Waals surface area (Å²) in [5.41, 5.74) is 1.38.